The van der Waals surface area contributed by atoms with Crippen molar-refractivity contribution in [3.8, 4) is 5.75 Å². The molecule has 126 valence electrons. The first-order chi connectivity index (χ1) is 11.7. The minimum Gasteiger partial charge on any atom is -0.497 e. The number of nitrogens with zero attached hydrogens (tertiary/aromatic N) is 3. The van der Waals surface area contributed by atoms with Crippen LogP contribution in [-0.2, 0) is 25.9 Å². The molecule has 0 bridgehead atoms. The Hall–Kier alpha value is -2.50. The summed E-state index contributed by atoms with van der Waals surface area (Å²) in [7, 11) is 1.68. The Labute approximate surface area is 141 Å². The number of anilines is 1. The molecule has 0 saturated heterocycles. The number of fused-ring (bicyclic) bond motifs is 2. The van der Waals surface area contributed by atoms with Crippen LogP contribution in [0.2, 0.25) is 0 Å². The van der Waals surface area contributed by atoms with E-state index in [-0.39, 0.29) is 6.03 Å². The molecule has 0 spiro atoms. The summed E-state index contributed by atoms with van der Waals surface area (Å²) in [5, 5.41) is 7.41. The van der Waals surface area contributed by atoms with Gasteiger partial charge < -0.3 is 9.64 Å². The number of carbonyl (C=O) groups is 1. The maximum atomic E-state index is 12.6. The summed E-state index contributed by atoms with van der Waals surface area (Å²) in [6, 6.07) is 8.01. The summed E-state index contributed by atoms with van der Waals surface area (Å²) in [5.41, 5.74) is 3.67. The molecule has 4 rings (SSSR count). The van der Waals surface area contributed by atoms with Crippen molar-refractivity contribution in [2.45, 2.75) is 38.8 Å². The van der Waals surface area contributed by atoms with Crippen molar-refractivity contribution in [3.63, 3.8) is 0 Å². The molecule has 6 heteroatoms. The molecule has 0 unspecified atom stereocenters. The second-order valence-corrected chi connectivity index (χ2v) is 6.44. The smallest absolute Gasteiger partial charge is 0.323 e. The second-order valence-electron chi connectivity index (χ2n) is 6.44. The Kier molecular flexibility index (Phi) is 3.88. The summed E-state index contributed by atoms with van der Waals surface area (Å²) >= 11 is 0. The molecule has 0 radical (unpaired) electrons. The van der Waals surface area contributed by atoms with Gasteiger partial charge in [-0.3, -0.25) is 10.00 Å². The maximum Gasteiger partial charge on any atom is 0.323 e. The fourth-order valence-corrected chi connectivity index (χ4v) is 3.54. The molecule has 3 heterocycles. The zero-order valence-electron chi connectivity index (χ0n) is 13.9. The van der Waals surface area contributed by atoms with Gasteiger partial charge in [0.2, 0.25) is 0 Å². The predicted octanol–water partition coefficient (Wildman–Crippen LogP) is 2.82. The number of carbonyl (C=O) groups excluding carboxylic acids is 1. The molecule has 0 saturated carbocycles. The number of benzene rings is 1. The first kappa shape index (κ1) is 15.1. The topological polar surface area (TPSA) is 59.4 Å². The van der Waals surface area contributed by atoms with Gasteiger partial charge in [0.1, 0.15) is 5.75 Å². The normalized spacial score (nSPS) is 16.3. The standard InChI is InChI=1S/C18H22N4O2/c1-24-16-7-6-14-12-21(8-2-4-13(14)10-16)18(23)19-17-11-15-5-3-9-22(15)20-17/h6-7,10-11H,2-5,8-9,12H2,1H3,(H,19,20,23). The highest BCUT2D eigenvalue weighted by Gasteiger charge is 2.21. The number of nitrogens with one attached hydrogen (secondary N) is 1. The molecule has 2 amide bonds. The van der Waals surface area contributed by atoms with Gasteiger partial charge in [0.15, 0.2) is 5.82 Å². The van der Waals surface area contributed by atoms with Gasteiger partial charge in [-0.15, -0.1) is 0 Å². The number of ether oxygens (including phenoxy) is 1. The SMILES string of the molecule is COc1ccc2c(c1)CCCN(C(=O)Nc1cc3n(n1)CCC3)C2. The van der Waals surface area contributed by atoms with Gasteiger partial charge in [0, 0.05) is 31.4 Å². The van der Waals surface area contributed by atoms with Gasteiger partial charge in [-0.05, 0) is 48.9 Å². The van der Waals surface area contributed by atoms with Crippen molar-refractivity contribution in [2.24, 2.45) is 0 Å². The number of methoxy groups -OCH3 is 1. The number of hydrogen-bond acceptors (Lipinski definition) is 3. The monoisotopic (exact) mass is 326 g/mol. The van der Waals surface area contributed by atoms with Crippen LogP contribution < -0.4 is 10.1 Å². The van der Waals surface area contributed by atoms with Crippen LogP contribution in [0.25, 0.3) is 0 Å². The number of rotatable bonds is 2. The number of aryl methyl sites for hydroxylation is 3. The molecular formula is C18H22N4O2. The van der Waals surface area contributed by atoms with Crippen LogP contribution in [0.4, 0.5) is 10.6 Å². The second kappa shape index (κ2) is 6.19. The third-order valence-corrected chi connectivity index (χ3v) is 4.84. The quantitative estimate of drug-likeness (QED) is 0.923. The summed E-state index contributed by atoms with van der Waals surface area (Å²) in [6.07, 6.45) is 4.10. The van der Waals surface area contributed by atoms with Crippen molar-refractivity contribution in [1.82, 2.24) is 14.7 Å². The van der Waals surface area contributed by atoms with Crippen LogP contribution in [0.15, 0.2) is 24.3 Å². The van der Waals surface area contributed by atoms with Crippen LogP contribution in [-0.4, -0.2) is 34.4 Å². The first-order valence-electron chi connectivity index (χ1n) is 8.51. The predicted molar refractivity (Wildman–Crippen MR) is 91.3 cm³/mol. The maximum absolute atomic E-state index is 12.6. The fraction of sp³-hybridized carbons (Fsp3) is 0.444. The Morgan fingerprint density at radius 1 is 1.17 bits per heavy atom. The van der Waals surface area contributed by atoms with E-state index in [2.05, 4.69) is 22.5 Å². The number of urea groups is 1. The largest absolute Gasteiger partial charge is 0.497 e. The summed E-state index contributed by atoms with van der Waals surface area (Å²) in [6.45, 7) is 2.32. The van der Waals surface area contributed by atoms with Gasteiger partial charge in [-0.1, -0.05) is 6.07 Å². The summed E-state index contributed by atoms with van der Waals surface area (Å²) in [4.78, 5) is 14.5. The van der Waals surface area contributed by atoms with Crippen molar-refractivity contribution < 1.29 is 9.53 Å². The lowest BCUT2D eigenvalue weighted by molar-refractivity contribution is 0.210. The molecule has 0 aliphatic carbocycles. The minimum atomic E-state index is -0.0737. The number of amides is 2. The fourth-order valence-electron chi connectivity index (χ4n) is 3.54. The van der Waals surface area contributed by atoms with Gasteiger partial charge in [0.25, 0.3) is 0 Å². The summed E-state index contributed by atoms with van der Waals surface area (Å²) < 4.78 is 7.29. The van der Waals surface area contributed by atoms with E-state index in [1.165, 1.54) is 16.8 Å². The minimum absolute atomic E-state index is 0.0737. The lowest BCUT2D eigenvalue weighted by atomic mass is 10.0. The molecule has 2 aliphatic rings. The molecule has 0 atom stereocenters. The first-order valence-corrected chi connectivity index (χ1v) is 8.51. The number of aromatic nitrogens is 2. The Morgan fingerprint density at radius 3 is 2.88 bits per heavy atom. The highest BCUT2D eigenvalue weighted by Crippen LogP contribution is 2.24. The molecule has 2 aliphatic heterocycles. The van der Waals surface area contributed by atoms with E-state index in [0.717, 1.165) is 44.5 Å². The Balaban J connectivity index is 1.47. The zero-order valence-corrected chi connectivity index (χ0v) is 13.9. The van der Waals surface area contributed by atoms with Crippen LogP contribution in [0.3, 0.4) is 0 Å². The van der Waals surface area contributed by atoms with E-state index in [0.29, 0.717) is 12.4 Å². The van der Waals surface area contributed by atoms with Crippen LogP contribution >= 0.6 is 0 Å². The third-order valence-electron chi connectivity index (χ3n) is 4.84. The van der Waals surface area contributed by atoms with E-state index in [1.54, 1.807) is 7.11 Å². The van der Waals surface area contributed by atoms with E-state index >= 15 is 0 Å². The molecule has 1 aromatic heterocycles. The third kappa shape index (κ3) is 2.84. The molecular weight excluding hydrogens is 304 g/mol. The van der Waals surface area contributed by atoms with E-state index in [4.69, 9.17) is 4.74 Å². The van der Waals surface area contributed by atoms with E-state index in [9.17, 15) is 4.79 Å². The van der Waals surface area contributed by atoms with E-state index < -0.39 is 0 Å². The van der Waals surface area contributed by atoms with Crippen molar-refractivity contribution in [3.05, 3.63) is 41.1 Å². The lowest BCUT2D eigenvalue weighted by Crippen LogP contribution is -2.34. The Bertz CT molecular complexity index is 747. The highest BCUT2D eigenvalue weighted by atomic mass is 16.5. The van der Waals surface area contributed by atoms with Crippen molar-refractivity contribution >= 4 is 11.8 Å². The van der Waals surface area contributed by atoms with Crippen LogP contribution in [0, 0.1) is 0 Å². The van der Waals surface area contributed by atoms with Gasteiger partial charge in [0.05, 0.1) is 7.11 Å². The van der Waals surface area contributed by atoms with Crippen molar-refractivity contribution in [1.29, 1.82) is 0 Å². The highest BCUT2D eigenvalue weighted by molar-refractivity contribution is 5.88. The summed E-state index contributed by atoms with van der Waals surface area (Å²) in [5.74, 6) is 1.54. The van der Waals surface area contributed by atoms with Gasteiger partial charge in [-0.2, -0.15) is 5.10 Å². The average Bonchev–Trinajstić information content (AvgIpc) is 3.09. The lowest BCUT2D eigenvalue weighted by Gasteiger charge is -2.20. The Morgan fingerprint density at radius 2 is 2.04 bits per heavy atom. The molecule has 1 aromatic carbocycles. The van der Waals surface area contributed by atoms with Gasteiger partial charge >= 0.3 is 6.03 Å². The zero-order chi connectivity index (χ0) is 16.5. The van der Waals surface area contributed by atoms with E-state index in [1.807, 2.05) is 21.7 Å². The number of hydrogen-bond donors (Lipinski definition) is 1. The van der Waals surface area contributed by atoms with Crippen molar-refractivity contribution in [2.75, 3.05) is 19.0 Å². The van der Waals surface area contributed by atoms with Gasteiger partial charge in [-0.25, -0.2) is 4.79 Å². The molecule has 0 fully saturated rings. The van der Waals surface area contributed by atoms with Crippen LogP contribution in [0.1, 0.15) is 29.7 Å². The molecule has 2 aromatic rings. The molecule has 24 heavy (non-hydrogen) atoms. The average molecular weight is 326 g/mol. The van der Waals surface area contributed by atoms with Crippen LogP contribution in [0.5, 0.6) is 5.75 Å². The molecule has 1 N–H and O–H groups in total. The molecule has 6 nitrogen and oxygen atoms in total.